The number of rotatable bonds is 8. The lowest BCUT2D eigenvalue weighted by Gasteiger charge is -2.37. The van der Waals surface area contributed by atoms with E-state index in [1.165, 1.54) is 13.2 Å². The predicted molar refractivity (Wildman–Crippen MR) is 131 cm³/mol. The Morgan fingerprint density at radius 1 is 1.29 bits per heavy atom. The van der Waals surface area contributed by atoms with Crippen LogP contribution in [0.25, 0.3) is 0 Å². The molecule has 182 valence electrons. The zero-order valence-corrected chi connectivity index (χ0v) is 21.6. The molecular weight excluding hydrogens is 476 g/mol. The number of thioether (sulfide) groups is 1. The summed E-state index contributed by atoms with van der Waals surface area (Å²) in [5.41, 5.74) is 10.6. The van der Waals surface area contributed by atoms with E-state index in [0.29, 0.717) is 22.4 Å². The number of primary amides is 1. The van der Waals surface area contributed by atoms with Crippen molar-refractivity contribution in [3.63, 3.8) is 0 Å². The molecule has 34 heavy (non-hydrogen) atoms. The predicted octanol–water partition coefficient (Wildman–Crippen LogP) is 3.03. The molecule has 0 spiro atoms. The molecule has 1 amide bonds. The van der Waals surface area contributed by atoms with Crippen molar-refractivity contribution >= 4 is 33.6 Å². The maximum absolute atomic E-state index is 14.1. The molecule has 9 nitrogen and oxygen atoms in total. The third-order valence-corrected chi connectivity index (χ3v) is 9.78. The molecule has 0 saturated heterocycles. The SMILES string of the molecule is COCN(c1onc(C)c1C)S(=O)(=O)C1C=CSC1(C(N)=O)c1c(C)cc(C)c(CC#N)c1C. The maximum atomic E-state index is 14.1. The molecule has 1 aromatic carbocycles. The van der Waals surface area contributed by atoms with Crippen LogP contribution in [0.5, 0.6) is 0 Å². The number of ether oxygens (including phenoxy) is 1. The van der Waals surface area contributed by atoms with Crippen LogP contribution >= 0.6 is 11.8 Å². The van der Waals surface area contributed by atoms with E-state index >= 15 is 0 Å². The Labute approximate surface area is 204 Å². The smallest absolute Gasteiger partial charge is 0.248 e. The lowest BCUT2D eigenvalue weighted by Crippen LogP contribution is -2.53. The van der Waals surface area contributed by atoms with Gasteiger partial charge in [0.05, 0.1) is 18.2 Å². The summed E-state index contributed by atoms with van der Waals surface area (Å²) in [5.74, 6) is -0.776. The van der Waals surface area contributed by atoms with Crippen LogP contribution in [0.4, 0.5) is 5.88 Å². The fourth-order valence-electron chi connectivity index (χ4n) is 4.54. The van der Waals surface area contributed by atoms with Gasteiger partial charge in [-0.15, -0.1) is 11.8 Å². The highest BCUT2D eigenvalue weighted by Gasteiger charge is 2.57. The Balaban J connectivity index is 2.30. The highest BCUT2D eigenvalue weighted by atomic mass is 32.2. The number of methoxy groups -OCH3 is 1. The van der Waals surface area contributed by atoms with Gasteiger partial charge in [0.15, 0.2) is 0 Å². The van der Waals surface area contributed by atoms with Gasteiger partial charge in [0.2, 0.25) is 21.8 Å². The fourth-order valence-corrected chi connectivity index (χ4v) is 8.24. The number of hydrogen-bond acceptors (Lipinski definition) is 8. The largest absolute Gasteiger partial charge is 0.368 e. The van der Waals surface area contributed by atoms with Gasteiger partial charge in [0, 0.05) is 12.7 Å². The number of anilines is 1. The molecule has 3 rings (SSSR count). The average Bonchev–Trinajstić information content (AvgIpc) is 3.35. The van der Waals surface area contributed by atoms with Crippen molar-refractivity contribution in [1.29, 1.82) is 5.26 Å². The Kier molecular flexibility index (Phi) is 7.17. The summed E-state index contributed by atoms with van der Waals surface area (Å²) in [7, 11) is -2.93. The minimum atomic E-state index is -4.29. The van der Waals surface area contributed by atoms with Gasteiger partial charge in [-0.2, -0.15) is 5.26 Å². The number of amides is 1. The van der Waals surface area contributed by atoms with Gasteiger partial charge in [-0.1, -0.05) is 17.3 Å². The van der Waals surface area contributed by atoms with Crippen LogP contribution in [0, 0.1) is 45.9 Å². The van der Waals surface area contributed by atoms with Crippen LogP contribution in [-0.4, -0.2) is 38.6 Å². The van der Waals surface area contributed by atoms with E-state index in [-0.39, 0.29) is 19.0 Å². The van der Waals surface area contributed by atoms with Gasteiger partial charge in [-0.05, 0) is 67.8 Å². The molecule has 11 heteroatoms. The van der Waals surface area contributed by atoms with Crippen molar-refractivity contribution < 1.29 is 22.5 Å². The minimum Gasteiger partial charge on any atom is -0.368 e. The zero-order chi connectivity index (χ0) is 25.4. The topological polar surface area (TPSA) is 140 Å². The molecule has 2 aromatic rings. The molecule has 1 aliphatic rings. The van der Waals surface area contributed by atoms with E-state index in [0.717, 1.165) is 32.8 Å². The van der Waals surface area contributed by atoms with Crippen molar-refractivity contribution in [3.05, 3.63) is 56.6 Å². The number of nitrogens with zero attached hydrogens (tertiary/aromatic N) is 3. The average molecular weight is 505 g/mol. The maximum Gasteiger partial charge on any atom is 0.248 e. The van der Waals surface area contributed by atoms with E-state index in [4.69, 9.17) is 15.0 Å². The number of sulfonamides is 1. The molecule has 2 unspecified atom stereocenters. The van der Waals surface area contributed by atoms with Crippen LogP contribution in [0.1, 0.15) is 39.1 Å². The summed E-state index contributed by atoms with van der Waals surface area (Å²) >= 11 is 1.06. The number of carbonyl (C=O) groups excluding carboxylic acids is 1. The third kappa shape index (κ3) is 3.89. The van der Waals surface area contributed by atoms with Crippen LogP contribution in [0.2, 0.25) is 0 Å². The summed E-state index contributed by atoms with van der Waals surface area (Å²) in [4.78, 5) is 13.2. The number of aryl methyl sites for hydroxylation is 3. The molecule has 0 fully saturated rings. The second-order valence-electron chi connectivity index (χ2n) is 8.30. The van der Waals surface area contributed by atoms with Gasteiger partial charge in [0.1, 0.15) is 16.7 Å². The first kappa shape index (κ1) is 25.8. The van der Waals surface area contributed by atoms with E-state index in [1.54, 1.807) is 26.2 Å². The van der Waals surface area contributed by atoms with E-state index in [9.17, 15) is 18.5 Å². The van der Waals surface area contributed by atoms with Crippen LogP contribution in [0.15, 0.2) is 22.1 Å². The number of benzene rings is 1. The van der Waals surface area contributed by atoms with E-state index in [2.05, 4.69) is 11.2 Å². The van der Waals surface area contributed by atoms with Gasteiger partial charge in [0.25, 0.3) is 0 Å². The molecule has 0 bridgehead atoms. The van der Waals surface area contributed by atoms with Gasteiger partial charge in [-0.25, -0.2) is 12.7 Å². The first-order chi connectivity index (χ1) is 15.9. The lowest BCUT2D eigenvalue weighted by molar-refractivity contribution is -0.120. The Hall–Kier alpha value is -2.81. The van der Waals surface area contributed by atoms with Crippen LogP contribution < -0.4 is 10.0 Å². The first-order valence-electron chi connectivity index (χ1n) is 10.5. The van der Waals surface area contributed by atoms with Crippen molar-refractivity contribution in [1.82, 2.24) is 5.16 Å². The number of nitrogens with two attached hydrogens (primary N) is 1. The third-order valence-electron chi connectivity index (χ3n) is 6.27. The summed E-state index contributed by atoms with van der Waals surface area (Å²) in [6.45, 7) is 8.56. The molecule has 0 radical (unpaired) electrons. The molecule has 1 aromatic heterocycles. The second kappa shape index (κ2) is 9.44. The quantitative estimate of drug-likeness (QED) is 0.541. The van der Waals surface area contributed by atoms with Crippen molar-refractivity contribution in [2.45, 2.75) is 51.0 Å². The first-order valence-corrected chi connectivity index (χ1v) is 12.9. The Morgan fingerprint density at radius 3 is 2.50 bits per heavy atom. The van der Waals surface area contributed by atoms with E-state index < -0.39 is 25.9 Å². The highest BCUT2D eigenvalue weighted by molar-refractivity contribution is 8.05. The molecule has 1 aliphatic heterocycles. The van der Waals surface area contributed by atoms with Crippen LogP contribution in [-0.2, 0) is 30.7 Å². The van der Waals surface area contributed by atoms with Gasteiger partial charge < -0.3 is 15.0 Å². The highest BCUT2D eigenvalue weighted by Crippen LogP contribution is 2.52. The Bertz CT molecular complexity index is 1310. The Morgan fingerprint density at radius 2 is 1.97 bits per heavy atom. The van der Waals surface area contributed by atoms with Crippen LogP contribution in [0.3, 0.4) is 0 Å². The molecule has 0 saturated carbocycles. The number of nitriles is 1. The number of aromatic nitrogens is 1. The van der Waals surface area contributed by atoms with E-state index in [1.807, 2.05) is 19.9 Å². The number of hydrogen-bond donors (Lipinski definition) is 1. The molecule has 2 atom stereocenters. The zero-order valence-electron chi connectivity index (χ0n) is 20.0. The second-order valence-corrected chi connectivity index (χ2v) is 11.4. The van der Waals surface area contributed by atoms with Crippen molar-refractivity contribution in [2.24, 2.45) is 5.73 Å². The van der Waals surface area contributed by atoms with Gasteiger partial charge in [-0.3, -0.25) is 4.79 Å². The van der Waals surface area contributed by atoms with Gasteiger partial charge >= 0.3 is 0 Å². The van der Waals surface area contributed by atoms with Crippen molar-refractivity contribution in [3.8, 4) is 6.07 Å². The standard InChI is InChI=1S/C23H28N4O5S2/c1-13-11-14(2)20(16(4)18(13)7-9-24)23(22(25)28)19(8-10-33-23)34(29,30)27(12-31-6)21-15(3)17(5)26-32-21/h8,10-11,19H,7,12H2,1-6H3,(H2,25,28). The molecule has 2 heterocycles. The minimum absolute atomic E-state index is 0.0190. The normalized spacial score (nSPS) is 19.9. The summed E-state index contributed by atoms with van der Waals surface area (Å²) in [6.07, 6.45) is 1.59. The summed E-state index contributed by atoms with van der Waals surface area (Å²) < 4.78 is 38.1. The summed E-state index contributed by atoms with van der Waals surface area (Å²) in [5, 5.41) is 13.5. The van der Waals surface area contributed by atoms with Crippen molar-refractivity contribution in [2.75, 3.05) is 18.1 Å². The lowest BCUT2D eigenvalue weighted by atomic mass is 9.82. The number of carbonyl (C=O) groups is 1. The summed E-state index contributed by atoms with van der Waals surface area (Å²) in [6, 6.07) is 4.01. The molecule has 0 aliphatic carbocycles. The molecule has 2 N–H and O–H groups in total. The fraction of sp³-hybridized carbons (Fsp3) is 0.435. The molecular formula is C23H28N4O5S2. The monoisotopic (exact) mass is 504 g/mol.